The van der Waals surface area contributed by atoms with Crippen molar-refractivity contribution in [1.82, 2.24) is 29.7 Å². The summed E-state index contributed by atoms with van der Waals surface area (Å²) >= 11 is 1.66. The van der Waals surface area contributed by atoms with Crippen LogP contribution >= 0.6 is 11.3 Å². The van der Waals surface area contributed by atoms with Crippen LogP contribution in [0.1, 0.15) is 18.5 Å². The predicted molar refractivity (Wildman–Crippen MR) is 80.6 cm³/mol. The van der Waals surface area contributed by atoms with Gasteiger partial charge in [0.15, 0.2) is 0 Å². The van der Waals surface area contributed by atoms with E-state index < -0.39 is 0 Å². The summed E-state index contributed by atoms with van der Waals surface area (Å²) in [5.74, 6) is 1.36. The molecule has 0 bridgehead atoms. The topological polar surface area (TPSA) is 93.4 Å². The Morgan fingerprint density at radius 1 is 1.24 bits per heavy atom. The summed E-state index contributed by atoms with van der Waals surface area (Å²) in [6, 6.07) is 2.17. The van der Waals surface area contributed by atoms with Gasteiger partial charge in [-0.3, -0.25) is 0 Å². The van der Waals surface area contributed by atoms with Gasteiger partial charge in [-0.25, -0.2) is 4.98 Å². The maximum absolute atomic E-state index is 4.36. The Labute approximate surface area is 125 Å². The molecular formula is C12H14N8S. The van der Waals surface area contributed by atoms with Crippen LogP contribution in [0.2, 0.25) is 0 Å². The summed E-state index contributed by atoms with van der Waals surface area (Å²) in [5, 5.41) is 14.3. The molecule has 8 nitrogen and oxygen atoms in total. The first-order valence-corrected chi connectivity index (χ1v) is 7.28. The Balaban J connectivity index is 1.89. The molecule has 0 aliphatic heterocycles. The summed E-state index contributed by atoms with van der Waals surface area (Å²) in [6.07, 6.45) is 2.98. The van der Waals surface area contributed by atoms with Gasteiger partial charge < -0.3 is 10.6 Å². The lowest BCUT2D eigenvalue weighted by molar-refractivity contribution is 0.785. The van der Waals surface area contributed by atoms with Crippen LogP contribution in [0.15, 0.2) is 29.5 Å². The second kappa shape index (κ2) is 5.83. The zero-order valence-electron chi connectivity index (χ0n) is 11.6. The van der Waals surface area contributed by atoms with Crippen LogP contribution in [0.4, 0.5) is 11.9 Å². The highest BCUT2D eigenvalue weighted by Crippen LogP contribution is 2.20. The van der Waals surface area contributed by atoms with Crippen LogP contribution in [0.25, 0.3) is 5.95 Å². The fraction of sp³-hybridized carbons (Fsp3) is 0.250. The molecule has 2 N–H and O–H groups in total. The van der Waals surface area contributed by atoms with Crippen molar-refractivity contribution in [3.63, 3.8) is 0 Å². The van der Waals surface area contributed by atoms with E-state index in [-0.39, 0.29) is 6.04 Å². The fourth-order valence-electron chi connectivity index (χ4n) is 1.75. The Morgan fingerprint density at radius 2 is 2.10 bits per heavy atom. The lowest BCUT2D eigenvalue weighted by atomic mass is 10.2. The molecule has 0 amide bonds. The predicted octanol–water partition coefficient (Wildman–Crippen LogP) is 1.73. The van der Waals surface area contributed by atoms with Crippen molar-refractivity contribution in [3.8, 4) is 5.95 Å². The van der Waals surface area contributed by atoms with Crippen LogP contribution in [-0.4, -0.2) is 36.8 Å². The molecule has 0 saturated heterocycles. The largest absolute Gasteiger partial charge is 0.357 e. The quantitative estimate of drug-likeness (QED) is 0.741. The molecule has 108 valence electrons. The molecule has 3 heterocycles. The second-order valence-electron chi connectivity index (χ2n) is 4.30. The Morgan fingerprint density at radius 3 is 2.76 bits per heavy atom. The van der Waals surface area contributed by atoms with Crippen molar-refractivity contribution in [2.45, 2.75) is 13.0 Å². The van der Waals surface area contributed by atoms with Gasteiger partial charge in [0.2, 0.25) is 11.9 Å². The van der Waals surface area contributed by atoms with Crippen molar-refractivity contribution in [3.05, 3.63) is 35.0 Å². The zero-order chi connectivity index (χ0) is 14.7. The summed E-state index contributed by atoms with van der Waals surface area (Å²) in [5.41, 5.74) is 1.19. The minimum absolute atomic E-state index is 0.104. The maximum atomic E-state index is 4.36. The van der Waals surface area contributed by atoms with E-state index in [0.717, 1.165) is 0 Å². The van der Waals surface area contributed by atoms with E-state index in [9.17, 15) is 0 Å². The number of hydrogen-bond donors (Lipinski definition) is 2. The Kier molecular flexibility index (Phi) is 3.73. The second-order valence-corrected chi connectivity index (χ2v) is 5.08. The van der Waals surface area contributed by atoms with Crippen LogP contribution in [0.3, 0.4) is 0 Å². The number of hydrogen-bond acceptors (Lipinski definition) is 8. The van der Waals surface area contributed by atoms with Gasteiger partial charge in [0.05, 0.1) is 6.04 Å². The van der Waals surface area contributed by atoms with Crippen LogP contribution in [-0.2, 0) is 0 Å². The SMILES string of the molecule is CNc1nc(NC(C)c2ccsc2)nc(-n2cncn2)n1. The molecule has 0 fully saturated rings. The molecule has 0 aliphatic rings. The molecule has 3 aromatic rings. The Hall–Kier alpha value is -2.55. The van der Waals surface area contributed by atoms with Gasteiger partial charge >= 0.3 is 0 Å². The van der Waals surface area contributed by atoms with E-state index in [1.54, 1.807) is 24.7 Å². The van der Waals surface area contributed by atoms with Crippen molar-refractivity contribution in [1.29, 1.82) is 0 Å². The molecule has 3 rings (SSSR count). The fourth-order valence-corrected chi connectivity index (χ4v) is 2.51. The van der Waals surface area contributed by atoms with E-state index in [1.165, 1.54) is 16.6 Å². The first-order valence-electron chi connectivity index (χ1n) is 6.33. The van der Waals surface area contributed by atoms with Gasteiger partial charge in [-0.05, 0) is 29.3 Å². The monoisotopic (exact) mass is 302 g/mol. The standard InChI is InChI=1S/C12H14N8S/c1-8(9-3-4-21-5-9)16-11-17-10(13-2)18-12(19-11)20-7-14-6-15-20/h3-8H,1-2H3,(H2,13,16,17,18,19). The average Bonchev–Trinajstić information content (AvgIpc) is 3.19. The molecule has 1 atom stereocenters. The van der Waals surface area contributed by atoms with E-state index >= 15 is 0 Å². The minimum Gasteiger partial charge on any atom is -0.357 e. The summed E-state index contributed by atoms with van der Waals surface area (Å²) in [4.78, 5) is 16.8. The van der Waals surface area contributed by atoms with Crippen molar-refractivity contribution in [2.24, 2.45) is 0 Å². The van der Waals surface area contributed by atoms with Crippen molar-refractivity contribution >= 4 is 23.2 Å². The van der Waals surface area contributed by atoms with E-state index in [1.807, 2.05) is 5.38 Å². The highest BCUT2D eigenvalue weighted by Gasteiger charge is 2.11. The third kappa shape index (κ3) is 2.97. The van der Waals surface area contributed by atoms with E-state index in [4.69, 9.17) is 0 Å². The number of anilines is 2. The summed E-state index contributed by atoms with van der Waals surface area (Å²) in [7, 11) is 1.76. The number of aromatic nitrogens is 6. The summed E-state index contributed by atoms with van der Waals surface area (Å²) in [6.45, 7) is 2.06. The smallest absolute Gasteiger partial charge is 0.258 e. The molecule has 0 radical (unpaired) electrons. The average molecular weight is 302 g/mol. The van der Waals surface area contributed by atoms with Crippen molar-refractivity contribution in [2.75, 3.05) is 17.7 Å². The van der Waals surface area contributed by atoms with Crippen LogP contribution < -0.4 is 10.6 Å². The molecule has 3 aromatic heterocycles. The normalized spacial score (nSPS) is 12.1. The van der Waals surface area contributed by atoms with Gasteiger partial charge in [0, 0.05) is 7.05 Å². The van der Waals surface area contributed by atoms with Crippen molar-refractivity contribution < 1.29 is 0 Å². The van der Waals surface area contributed by atoms with Gasteiger partial charge in [-0.1, -0.05) is 0 Å². The summed E-state index contributed by atoms with van der Waals surface area (Å²) < 4.78 is 1.49. The highest BCUT2D eigenvalue weighted by molar-refractivity contribution is 7.07. The number of nitrogens with one attached hydrogen (secondary N) is 2. The van der Waals surface area contributed by atoms with Gasteiger partial charge in [-0.2, -0.15) is 36.1 Å². The molecule has 1 unspecified atom stereocenters. The zero-order valence-corrected chi connectivity index (χ0v) is 12.4. The minimum atomic E-state index is 0.104. The third-order valence-electron chi connectivity index (χ3n) is 2.86. The number of thiophene rings is 1. The first kappa shape index (κ1) is 13.4. The lowest BCUT2D eigenvalue weighted by Gasteiger charge is -2.13. The van der Waals surface area contributed by atoms with Gasteiger partial charge in [-0.15, -0.1) is 0 Å². The molecule has 0 saturated carbocycles. The van der Waals surface area contributed by atoms with Crippen LogP contribution in [0, 0.1) is 0 Å². The van der Waals surface area contributed by atoms with E-state index in [2.05, 4.69) is 54.0 Å². The van der Waals surface area contributed by atoms with Gasteiger partial charge in [0.1, 0.15) is 12.7 Å². The highest BCUT2D eigenvalue weighted by atomic mass is 32.1. The molecule has 0 spiro atoms. The molecule has 0 aromatic carbocycles. The van der Waals surface area contributed by atoms with Crippen LogP contribution in [0.5, 0.6) is 0 Å². The molecule has 9 heteroatoms. The van der Waals surface area contributed by atoms with Gasteiger partial charge in [0.25, 0.3) is 5.95 Å². The first-order chi connectivity index (χ1) is 10.3. The number of rotatable bonds is 5. The van der Waals surface area contributed by atoms with E-state index in [0.29, 0.717) is 17.8 Å². The third-order valence-corrected chi connectivity index (χ3v) is 3.56. The molecule has 0 aliphatic carbocycles. The lowest BCUT2D eigenvalue weighted by Crippen LogP contribution is -2.13. The number of nitrogens with zero attached hydrogens (tertiary/aromatic N) is 6. The maximum Gasteiger partial charge on any atom is 0.258 e. The molecular weight excluding hydrogens is 288 g/mol. The Bertz CT molecular complexity index is 694. The molecule has 21 heavy (non-hydrogen) atoms.